The predicted octanol–water partition coefficient (Wildman–Crippen LogP) is 3.37. The third-order valence-corrected chi connectivity index (χ3v) is 5.15. The Kier molecular flexibility index (Phi) is 9.49. The number of aromatic carboxylic acids is 2. The van der Waals surface area contributed by atoms with Crippen LogP contribution < -0.4 is 10.6 Å². The Morgan fingerprint density at radius 1 is 0.647 bits per heavy atom. The van der Waals surface area contributed by atoms with E-state index in [1.54, 1.807) is 0 Å². The van der Waals surface area contributed by atoms with E-state index in [1.165, 1.54) is 36.4 Å². The van der Waals surface area contributed by atoms with Gasteiger partial charge < -0.3 is 20.8 Å². The number of carboxylic acids is 2. The molecule has 0 unspecified atom stereocenters. The van der Waals surface area contributed by atoms with Gasteiger partial charge in [0.15, 0.2) is 5.78 Å². The molecule has 2 rings (SSSR count). The zero-order valence-electron chi connectivity index (χ0n) is 19.1. The maximum atomic E-state index is 13.1. The molecule has 2 amide bonds. The fourth-order valence-corrected chi connectivity index (χ4v) is 3.23. The Bertz CT molecular complexity index is 1020. The highest BCUT2D eigenvalue weighted by molar-refractivity contribution is 6.14. The number of ketones is 1. The number of carbonyl (C=O) groups is 5. The minimum Gasteiger partial charge on any atom is -0.478 e. The second-order valence-corrected chi connectivity index (χ2v) is 7.68. The van der Waals surface area contributed by atoms with Gasteiger partial charge in [-0.05, 0) is 37.1 Å². The van der Waals surface area contributed by atoms with Gasteiger partial charge in [-0.3, -0.25) is 14.4 Å². The summed E-state index contributed by atoms with van der Waals surface area (Å²) in [6.07, 6.45) is 3.11. The fraction of sp³-hybridized carbons (Fsp3) is 0.320. The molecule has 0 saturated heterocycles. The van der Waals surface area contributed by atoms with Gasteiger partial charge in [0, 0.05) is 24.2 Å². The molecular weight excluding hydrogens is 440 g/mol. The Morgan fingerprint density at radius 3 is 1.35 bits per heavy atom. The van der Waals surface area contributed by atoms with Crippen LogP contribution in [-0.2, 0) is 0 Å². The van der Waals surface area contributed by atoms with Gasteiger partial charge in [0.1, 0.15) is 0 Å². The zero-order chi connectivity index (χ0) is 25.3. The Hall–Kier alpha value is -4.01. The van der Waals surface area contributed by atoms with Crippen LogP contribution in [0.15, 0.2) is 36.4 Å². The second-order valence-electron chi connectivity index (χ2n) is 7.68. The molecule has 0 atom stereocenters. The van der Waals surface area contributed by atoms with Gasteiger partial charge in [-0.2, -0.15) is 0 Å². The van der Waals surface area contributed by atoms with Crippen molar-refractivity contribution in [3.05, 3.63) is 69.8 Å². The summed E-state index contributed by atoms with van der Waals surface area (Å²) in [5, 5.41) is 24.1. The van der Waals surface area contributed by atoms with E-state index >= 15 is 0 Å². The second kappa shape index (κ2) is 12.3. The van der Waals surface area contributed by atoms with Gasteiger partial charge in [0.25, 0.3) is 11.8 Å². The molecule has 180 valence electrons. The first kappa shape index (κ1) is 26.2. The third kappa shape index (κ3) is 6.50. The molecule has 0 heterocycles. The van der Waals surface area contributed by atoms with Gasteiger partial charge in [-0.1, -0.05) is 38.8 Å². The lowest BCUT2D eigenvalue weighted by Gasteiger charge is -2.11. The van der Waals surface area contributed by atoms with Crippen LogP contribution in [0.1, 0.15) is 96.9 Å². The van der Waals surface area contributed by atoms with Crippen molar-refractivity contribution in [3.8, 4) is 0 Å². The van der Waals surface area contributed by atoms with Crippen LogP contribution >= 0.6 is 0 Å². The molecule has 0 aliphatic carbocycles. The van der Waals surface area contributed by atoms with Gasteiger partial charge in [0.05, 0.1) is 22.3 Å². The van der Waals surface area contributed by atoms with Crippen molar-refractivity contribution in [2.24, 2.45) is 0 Å². The first-order valence-electron chi connectivity index (χ1n) is 11.1. The predicted molar refractivity (Wildman–Crippen MR) is 125 cm³/mol. The average Bonchev–Trinajstić information content (AvgIpc) is 2.82. The Labute approximate surface area is 197 Å². The van der Waals surface area contributed by atoms with E-state index in [2.05, 4.69) is 10.6 Å². The molecule has 0 bridgehead atoms. The molecule has 2 aromatic carbocycles. The molecule has 34 heavy (non-hydrogen) atoms. The SMILES string of the molecule is CCCCNC(=O)c1cc(C(=O)c2ccc(C(=O)O)c(C(=O)NCCCC)c2)ccc1C(=O)O. The van der Waals surface area contributed by atoms with Crippen molar-refractivity contribution in [1.29, 1.82) is 0 Å². The third-order valence-electron chi connectivity index (χ3n) is 5.15. The molecule has 0 fully saturated rings. The summed E-state index contributed by atoms with van der Waals surface area (Å²) in [4.78, 5) is 61.3. The number of rotatable bonds is 12. The number of nitrogens with one attached hydrogen (secondary N) is 2. The summed E-state index contributed by atoms with van der Waals surface area (Å²) in [7, 11) is 0. The zero-order valence-corrected chi connectivity index (χ0v) is 19.1. The number of hydrogen-bond donors (Lipinski definition) is 4. The lowest BCUT2D eigenvalue weighted by molar-refractivity contribution is 0.0682. The van der Waals surface area contributed by atoms with E-state index in [4.69, 9.17) is 0 Å². The minimum absolute atomic E-state index is 0.0334. The van der Waals surface area contributed by atoms with Crippen molar-refractivity contribution in [1.82, 2.24) is 10.6 Å². The molecule has 0 aromatic heterocycles. The van der Waals surface area contributed by atoms with E-state index in [1.807, 2.05) is 13.8 Å². The van der Waals surface area contributed by atoms with Crippen molar-refractivity contribution >= 4 is 29.5 Å². The van der Waals surface area contributed by atoms with E-state index in [0.717, 1.165) is 12.8 Å². The lowest BCUT2D eigenvalue weighted by atomic mass is 9.95. The summed E-state index contributed by atoms with van der Waals surface area (Å²) < 4.78 is 0. The quantitative estimate of drug-likeness (QED) is 0.275. The van der Waals surface area contributed by atoms with Gasteiger partial charge in [-0.25, -0.2) is 9.59 Å². The van der Waals surface area contributed by atoms with E-state index < -0.39 is 29.5 Å². The number of carboxylic acid groups (broad SMARTS) is 2. The van der Waals surface area contributed by atoms with Crippen LogP contribution in [0.2, 0.25) is 0 Å². The van der Waals surface area contributed by atoms with Crippen molar-refractivity contribution in [2.75, 3.05) is 13.1 Å². The van der Waals surface area contributed by atoms with Gasteiger partial charge in [-0.15, -0.1) is 0 Å². The molecular formula is C25H28N2O7. The summed E-state index contributed by atoms with van der Waals surface area (Å²) in [6, 6.07) is 7.29. The minimum atomic E-state index is -1.31. The van der Waals surface area contributed by atoms with Crippen molar-refractivity contribution in [3.63, 3.8) is 0 Å². The Balaban J connectivity index is 2.44. The number of carbonyl (C=O) groups excluding carboxylic acids is 3. The molecule has 9 heteroatoms. The number of amides is 2. The standard InChI is InChI=1S/C25H28N2O7/c1-3-5-11-26-22(29)19-13-15(7-9-17(19)24(31)32)21(28)16-8-10-18(25(33)34)20(14-16)23(30)27-12-6-4-2/h7-10,13-14H,3-6,11-12H2,1-2H3,(H,26,29)(H,27,30)(H,31,32)(H,33,34). The normalized spacial score (nSPS) is 10.4. The van der Waals surface area contributed by atoms with Crippen LogP contribution in [0.5, 0.6) is 0 Å². The number of unbranched alkanes of at least 4 members (excludes halogenated alkanes) is 2. The topological polar surface area (TPSA) is 150 Å². The molecule has 0 radical (unpaired) electrons. The maximum Gasteiger partial charge on any atom is 0.336 e. The summed E-state index contributed by atoms with van der Waals surface area (Å²) in [5.41, 5.74) is -0.745. The molecule has 0 spiro atoms. The molecule has 4 N–H and O–H groups in total. The highest BCUT2D eigenvalue weighted by Gasteiger charge is 2.22. The van der Waals surface area contributed by atoms with Gasteiger partial charge in [0.2, 0.25) is 0 Å². The van der Waals surface area contributed by atoms with Gasteiger partial charge >= 0.3 is 11.9 Å². The molecule has 0 aliphatic heterocycles. The molecule has 0 aliphatic rings. The smallest absolute Gasteiger partial charge is 0.336 e. The van der Waals surface area contributed by atoms with Crippen molar-refractivity contribution < 1.29 is 34.2 Å². The summed E-state index contributed by atoms with van der Waals surface area (Å²) >= 11 is 0. The maximum absolute atomic E-state index is 13.1. The molecule has 0 saturated carbocycles. The highest BCUT2D eigenvalue weighted by atomic mass is 16.4. The summed E-state index contributed by atoms with van der Waals surface area (Å²) in [6.45, 7) is 4.61. The summed E-state index contributed by atoms with van der Waals surface area (Å²) in [5.74, 6) is -4.43. The number of hydrogen-bond acceptors (Lipinski definition) is 5. The molecule has 9 nitrogen and oxygen atoms in total. The van der Waals surface area contributed by atoms with Crippen LogP contribution in [0.3, 0.4) is 0 Å². The molecule has 2 aromatic rings. The first-order chi connectivity index (χ1) is 16.2. The highest BCUT2D eigenvalue weighted by Crippen LogP contribution is 2.19. The average molecular weight is 469 g/mol. The van der Waals surface area contributed by atoms with Crippen molar-refractivity contribution in [2.45, 2.75) is 39.5 Å². The van der Waals surface area contributed by atoms with E-state index in [-0.39, 0.29) is 33.4 Å². The van der Waals surface area contributed by atoms with E-state index in [9.17, 15) is 34.2 Å². The Morgan fingerprint density at radius 2 is 1.03 bits per heavy atom. The van der Waals surface area contributed by atoms with Crippen LogP contribution in [-0.4, -0.2) is 52.8 Å². The van der Waals surface area contributed by atoms with Crippen LogP contribution in [0.4, 0.5) is 0 Å². The van der Waals surface area contributed by atoms with E-state index in [0.29, 0.717) is 25.9 Å². The number of benzene rings is 2. The van der Waals surface area contributed by atoms with Crippen LogP contribution in [0, 0.1) is 0 Å². The fourth-order valence-electron chi connectivity index (χ4n) is 3.23. The first-order valence-corrected chi connectivity index (χ1v) is 11.1. The largest absolute Gasteiger partial charge is 0.478 e. The monoisotopic (exact) mass is 468 g/mol. The van der Waals surface area contributed by atoms with Crippen LogP contribution in [0.25, 0.3) is 0 Å². The lowest BCUT2D eigenvalue weighted by Crippen LogP contribution is -2.27.